The molecular weight excluding hydrogens is 895 g/mol. The predicted molar refractivity (Wildman–Crippen MR) is 260 cm³/mol. The number of cyclic esters (lactones) is 1. The van der Waals surface area contributed by atoms with Crippen molar-refractivity contribution in [3.63, 3.8) is 0 Å². The van der Waals surface area contributed by atoms with Gasteiger partial charge in [-0.2, -0.15) is 5.43 Å². The molecule has 0 radical (unpaired) electrons. The van der Waals surface area contributed by atoms with E-state index in [1.165, 1.54) is 23.2 Å². The highest BCUT2D eigenvalue weighted by atomic mass is 16.6. The standard InChI is InChI=1S/C52H65N9O9/c1-7-60-42-15-14-37-27-39(42)40(45(60)38-29-53-33-54-30-38)28-50(4,5)32-70-49(66)52(68)16-10-19-61(56-52)47(64)41(26-35-11-8-12-36(37)25-35)55-46(63)44(34(2)3)57(6)48(65)51(67)17-20-59(31-51)43(62)13-9-18-58-21-23-69-24-22-58/h8,11-12,14-15,25,27,29-30,33-34,41,44,56,67-68H,7,10,16-24,26,28,31-32H2,1-6H3,(H,55,63)/t41-,44-,51?,52-/m0/s1. The number of aryl methyl sites for hydroxylation is 1. The van der Waals surface area contributed by atoms with E-state index in [0.717, 1.165) is 43.9 Å². The van der Waals surface area contributed by atoms with Gasteiger partial charge in [0.25, 0.3) is 17.7 Å². The third kappa shape index (κ3) is 10.6. The number of ether oxygens (including phenoxy) is 2. The molecular formula is C52H65N9O9. The summed E-state index contributed by atoms with van der Waals surface area (Å²) in [5.74, 6) is 1.59. The Kier molecular flexibility index (Phi) is 14.8. The maximum absolute atomic E-state index is 14.8. The van der Waals surface area contributed by atoms with Crippen molar-refractivity contribution in [1.29, 1.82) is 0 Å². The van der Waals surface area contributed by atoms with Crippen LogP contribution in [-0.4, -0.2) is 164 Å². The van der Waals surface area contributed by atoms with Crippen molar-refractivity contribution in [3.05, 3.63) is 72.3 Å². The number of carbonyl (C=O) groups excluding carboxylic acids is 5. The molecule has 2 aromatic carbocycles. The number of carbonyl (C=O) groups is 5. The van der Waals surface area contributed by atoms with Crippen molar-refractivity contribution in [3.8, 4) is 34.2 Å². The summed E-state index contributed by atoms with van der Waals surface area (Å²) in [6, 6.07) is 11.6. The fourth-order valence-corrected chi connectivity index (χ4v) is 10.3. The lowest BCUT2D eigenvalue weighted by Crippen LogP contribution is -2.67. The quantitative estimate of drug-likeness (QED) is 0.148. The molecule has 2 aromatic heterocycles. The summed E-state index contributed by atoms with van der Waals surface area (Å²) in [6.45, 7) is 13.2. The van der Waals surface area contributed by atoms with Gasteiger partial charge < -0.3 is 39.4 Å². The maximum atomic E-state index is 14.8. The number of likely N-dealkylation sites (tertiary alicyclic amines) is 1. The van der Waals surface area contributed by atoms with E-state index >= 15 is 0 Å². The van der Waals surface area contributed by atoms with Crippen molar-refractivity contribution in [1.82, 2.24) is 45.0 Å². The number of amides is 4. The summed E-state index contributed by atoms with van der Waals surface area (Å²) in [5.41, 5.74) is 4.24. The molecule has 4 aliphatic rings. The monoisotopic (exact) mass is 959 g/mol. The number of benzene rings is 2. The van der Waals surface area contributed by atoms with Crippen LogP contribution >= 0.6 is 0 Å². The molecule has 70 heavy (non-hydrogen) atoms. The molecule has 372 valence electrons. The molecule has 3 saturated heterocycles. The summed E-state index contributed by atoms with van der Waals surface area (Å²) in [4.78, 5) is 83.9. The van der Waals surface area contributed by atoms with Gasteiger partial charge in [-0.05, 0) is 66.0 Å². The minimum atomic E-state index is -2.25. The van der Waals surface area contributed by atoms with Crippen LogP contribution in [0.5, 0.6) is 0 Å². The smallest absolute Gasteiger partial charge is 0.355 e. The van der Waals surface area contributed by atoms with E-state index in [4.69, 9.17) is 9.47 Å². The molecule has 4 N–H and O–H groups in total. The fraction of sp³-hybridized carbons (Fsp3) is 0.519. The largest absolute Gasteiger partial charge is 0.462 e. The molecule has 0 saturated carbocycles. The fourth-order valence-electron chi connectivity index (χ4n) is 10.3. The second-order valence-corrected chi connectivity index (χ2v) is 20.2. The zero-order valence-corrected chi connectivity index (χ0v) is 41.0. The lowest BCUT2D eigenvalue weighted by molar-refractivity contribution is -0.189. The lowest BCUT2D eigenvalue weighted by atomic mass is 9.84. The molecule has 1 unspecified atom stereocenters. The Balaban J connectivity index is 1.10. The van der Waals surface area contributed by atoms with Crippen LogP contribution in [0.25, 0.3) is 33.3 Å². The van der Waals surface area contributed by atoms with Crippen molar-refractivity contribution in [2.24, 2.45) is 11.3 Å². The zero-order valence-electron chi connectivity index (χ0n) is 41.0. The molecule has 4 aliphatic heterocycles. The number of aliphatic hydroxyl groups is 2. The Hall–Kier alpha value is -6.23. The van der Waals surface area contributed by atoms with Gasteiger partial charge in [-0.25, -0.2) is 14.8 Å². The van der Waals surface area contributed by atoms with Crippen molar-refractivity contribution in [2.75, 3.05) is 66.1 Å². The molecule has 4 aromatic rings. The Morgan fingerprint density at radius 1 is 0.986 bits per heavy atom. The van der Waals surface area contributed by atoms with E-state index in [9.17, 15) is 34.2 Å². The first-order valence-electron chi connectivity index (χ1n) is 24.3. The van der Waals surface area contributed by atoms with Crippen molar-refractivity contribution < 1.29 is 43.7 Å². The highest BCUT2D eigenvalue weighted by Crippen LogP contribution is 2.40. The SMILES string of the molecule is CCn1c(-c2cncnc2)c2c3cc(ccc31)-c1cccc(c1)C[C@H](NC(=O)[C@H](C(C)C)N(C)C(=O)C1(O)CCN(C(=O)C#CCN3CCOCC3)C1)C(=O)N1CCC[C@@](O)(N1)C(=O)OCC(C)(C)C2. The summed E-state index contributed by atoms with van der Waals surface area (Å²) in [7, 11) is 1.43. The van der Waals surface area contributed by atoms with E-state index in [-0.39, 0.29) is 51.9 Å². The van der Waals surface area contributed by atoms with E-state index < -0.39 is 64.3 Å². The number of morpholine rings is 1. The third-order valence-corrected chi connectivity index (χ3v) is 13.9. The molecule has 18 heteroatoms. The molecule has 8 rings (SSSR count). The Morgan fingerprint density at radius 3 is 2.46 bits per heavy atom. The van der Waals surface area contributed by atoms with Gasteiger partial charge in [0.05, 0.1) is 38.6 Å². The molecule has 4 amide bonds. The first kappa shape index (κ1) is 50.2. The van der Waals surface area contributed by atoms with Gasteiger partial charge in [0.2, 0.25) is 11.6 Å². The Bertz CT molecular complexity index is 2690. The van der Waals surface area contributed by atoms with Gasteiger partial charge in [0, 0.05) is 93.3 Å². The number of hydrazine groups is 1. The van der Waals surface area contributed by atoms with Crippen LogP contribution < -0.4 is 10.7 Å². The van der Waals surface area contributed by atoms with Gasteiger partial charge in [0.1, 0.15) is 18.4 Å². The number of nitrogens with one attached hydrogen (secondary N) is 2. The number of esters is 1. The van der Waals surface area contributed by atoms with Gasteiger partial charge in [-0.1, -0.05) is 63.9 Å². The van der Waals surface area contributed by atoms with Crippen molar-refractivity contribution >= 4 is 40.5 Å². The molecule has 0 spiro atoms. The van der Waals surface area contributed by atoms with Crippen LogP contribution in [0.2, 0.25) is 0 Å². The highest BCUT2D eigenvalue weighted by molar-refractivity contribution is 5.98. The topological polar surface area (TPSA) is 212 Å². The minimum absolute atomic E-state index is 0.00156. The number of likely N-dealkylation sites (N-methyl/N-ethyl adjacent to an activating group) is 1. The molecule has 4 atom stereocenters. The first-order chi connectivity index (χ1) is 33.4. The maximum Gasteiger partial charge on any atom is 0.355 e. The molecule has 3 fully saturated rings. The Labute approximate surface area is 408 Å². The molecule has 18 nitrogen and oxygen atoms in total. The van der Waals surface area contributed by atoms with Gasteiger partial charge in [-0.3, -0.25) is 29.1 Å². The lowest BCUT2D eigenvalue weighted by Gasteiger charge is -2.40. The third-order valence-electron chi connectivity index (χ3n) is 13.9. The van der Waals surface area contributed by atoms with E-state index in [1.807, 2.05) is 38.1 Å². The van der Waals surface area contributed by atoms with Crippen LogP contribution in [-0.2, 0) is 52.8 Å². The molecule has 6 bridgehead atoms. The van der Waals surface area contributed by atoms with Crippen LogP contribution in [0.15, 0.2) is 61.2 Å². The van der Waals surface area contributed by atoms with E-state index in [0.29, 0.717) is 51.4 Å². The van der Waals surface area contributed by atoms with E-state index in [1.54, 1.807) is 26.2 Å². The first-order valence-corrected chi connectivity index (χ1v) is 24.3. The average molecular weight is 960 g/mol. The number of rotatable bonds is 8. The number of hydrogen-bond acceptors (Lipinski definition) is 13. The van der Waals surface area contributed by atoms with Crippen LogP contribution in [0, 0.1) is 23.2 Å². The second-order valence-electron chi connectivity index (χ2n) is 20.2. The number of fused-ring (bicyclic) bond motifs is 6. The Morgan fingerprint density at radius 2 is 1.73 bits per heavy atom. The van der Waals surface area contributed by atoms with E-state index in [2.05, 4.69) is 67.1 Å². The number of hydrogen-bond donors (Lipinski definition) is 4. The molecule has 6 heterocycles. The minimum Gasteiger partial charge on any atom is -0.462 e. The average Bonchev–Trinajstić information content (AvgIpc) is 3.90. The summed E-state index contributed by atoms with van der Waals surface area (Å²) < 4.78 is 13.5. The summed E-state index contributed by atoms with van der Waals surface area (Å²) >= 11 is 0. The van der Waals surface area contributed by atoms with Crippen molar-refractivity contribution in [2.45, 2.75) is 96.7 Å². The number of β-amino-alcohol motifs (C(OH)–C–C–N with tert-alkyl or cyclic N) is 1. The predicted octanol–water partition coefficient (Wildman–Crippen LogP) is 2.54. The number of aromatic nitrogens is 3. The van der Waals surface area contributed by atoms with Crippen LogP contribution in [0.4, 0.5) is 0 Å². The molecule has 0 aliphatic carbocycles. The van der Waals surface area contributed by atoms with Gasteiger partial charge in [0.15, 0.2) is 5.60 Å². The van der Waals surface area contributed by atoms with Crippen LogP contribution in [0.3, 0.4) is 0 Å². The normalized spacial score (nSPS) is 23.5. The zero-order chi connectivity index (χ0) is 50.0. The summed E-state index contributed by atoms with van der Waals surface area (Å²) in [6.07, 6.45) is 5.73. The summed E-state index contributed by atoms with van der Waals surface area (Å²) in [5, 5.41) is 28.7. The van der Waals surface area contributed by atoms with Gasteiger partial charge >= 0.3 is 5.97 Å². The van der Waals surface area contributed by atoms with Crippen LogP contribution in [0.1, 0.15) is 65.0 Å². The highest BCUT2D eigenvalue weighted by Gasteiger charge is 2.49. The van der Waals surface area contributed by atoms with Gasteiger partial charge in [-0.15, -0.1) is 0 Å². The number of nitrogens with zero attached hydrogens (tertiary/aromatic N) is 7. The second kappa shape index (κ2) is 20.6.